The van der Waals surface area contributed by atoms with Gasteiger partial charge in [0.05, 0.1) is 22.3 Å². The fraction of sp³-hybridized carbons (Fsp3) is 0.143. The van der Waals surface area contributed by atoms with Crippen molar-refractivity contribution in [2.75, 3.05) is 16.0 Å². The molecule has 1 aliphatic rings. The van der Waals surface area contributed by atoms with Gasteiger partial charge in [-0.05, 0) is 30.2 Å². The normalized spacial score (nSPS) is 14.8. The van der Waals surface area contributed by atoms with E-state index in [4.69, 9.17) is 5.11 Å². The monoisotopic (exact) mass is 452 g/mol. The number of carbonyl (C=O) groups is 2. The van der Waals surface area contributed by atoms with E-state index >= 15 is 0 Å². The molecule has 0 saturated carbocycles. The number of nitrogens with one attached hydrogen (secondary N) is 3. The number of ketones is 1. The fourth-order valence-corrected chi connectivity index (χ4v) is 3.58. The van der Waals surface area contributed by atoms with E-state index in [1.54, 1.807) is 24.3 Å². The third kappa shape index (κ3) is 4.69. The lowest BCUT2D eigenvalue weighted by Gasteiger charge is -2.25. The maximum absolute atomic E-state index is 13.7. The van der Waals surface area contributed by atoms with Crippen molar-refractivity contribution in [1.82, 2.24) is 9.97 Å². The number of carbonyl (C=O) groups excluding carboxylic acids is 1. The summed E-state index contributed by atoms with van der Waals surface area (Å²) in [6.07, 6.45) is 0.311. The van der Waals surface area contributed by atoms with Crippen LogP contribution in [0.1, 0.15) is 34.8 Å². The summed E-state index contributed by atoms with van der Waals surface area (Å²) in [7, 11) is 0. The van der Waals surface area contributed by atoms with Crippen molar-refractivity contribution in [2.24, 2.45) is 0 Å². The Kier molecular flexibility index (Phi) is 5.81. The minimum atomic E-state index is -1.36. The van der Waals surface area contributed by atoms with E-state index in [1.807, 2.05) is 0 Å². The van der Waals surface area contributed by atoms with Crippen molar-refractivity contribution in [2.45, 2.75) is 18.9 Å². The molecule has 168 valence electrons. The molecule has 4 N–H and O–H groups in total. The van der Waals surface area contributed by atoms with Crippen LogP contribution in [0.3, 0.4) is 0 Å². The number of carboxylic acid groups (broad SMARTS) is 1. The standard InChI is InChI=1S/C21H17FN6O5/c22-11-5-6-15(26-21(30)31)16(9-11)25-20-23-10-17(28(32)33)19(27-20)24-14-7-8-18(29)13-4-2-1-3-12(13)14/h1-6,9-10,14,26H,7-8H2,(H,30,31)(H2,23,24,25,27). The Morgan fingerprint density at radius 2 is 2.00 bits per heavy atom. The van der Waals surface area contributed by atoms with Gasteiger partial charge in [0, 0.05) is 12.0 Å². The van der Waals surface area contributed by atoms with Crippen LogP contribution in [-0.2, 0) is 0 Å². The number of nitro groups is 1. The largest absolute Gasteiger partial charge is 0.465 e. The zero-order valence-corrected chi connectivity index (χ0v) is 16.9. The molecule has 0 fully saturated rings. The average Bonchev–Trinajstić information content (AvgIpc) is 2.77. The van der Waals surface area contributed by atoms with Gasteiger partial charge in [0.1, 0.15) is 12.0 Å². The molecule has 11 nitrogen and oxygen atoms in total. The van der Waals surface area contributed by atoms with Gasteiger partial charge < -0.3 is 15.7 Å². The second-order valence-electron chi connectivity index (χ2n) is 7.18. The number of fused-ring (bicyclic) bond motifs is 1. The SMILES string of the molecule is O=C(O)Nc1ccc(F)cc1Nc1ncc([N+](=O)[O-])c(NC2CCC(=O)c3ccccc32)n1. The summed E-state index contributed by atoms with van der Waals surface area (Å²) < 4.78 is 13.7. The van der Waals surface area contributed by atoms with E-state index in [9.17, 15) is 24.1 Å². The van der Waals surface area contributed by atoms with Gasteiger partial charge in [0.15, 0.2) is 5.78 Å². The Hall–Kier alpha value is -4.61. The molecule has 1 unspecified atom stereocenters. The number of halogens is 1. The highest BCUT2D eigenvalue weighted by atomic mass is 19.1. The van der Waals surface area contributed by atoms with Crippen LogP contribution in [0.15, 0.2) is 48.7 Å². The number of Topliss-reactive ketones (excluding diaryl/α,β-unsaturated/α-hetero) is 1. The Morgan fingerprint density at radius 1 is 1.21 bits per heavy atom. The van der Waals surface area contributed by atoms with Gasteiger partial charge in [0.2, 0.25) is 11.8 Å². The highest BCUT2D eigenvalue weighted by Crippen LogP contribution is 2.35. The third-order valence-electron chi connectivity index (χ3n) is 5.04. The first-order chi connectivity index (χ1) is 15.8. The lowest BCUT2D eigenvalue weighted by molar-refractivity contribution is -0.384. The molecule has 1 atom stereocenters. The van der Waals surface area contributed by atoms with E-state index in [0.717, 1.165) is 18.3 Å². The third-order valence-corrected chi connectivity index (χ3v) is 5.04. The van der Waals surface area contributed by atoms with Crippen molar-refractivity contribution >= 4 is 40.7 Å². The molecule has 12 heteroatoms. The van der Waals surface area contributed by atoms with Crippen molar-refractivity contribution in [1.29, 1.82) is 0 Å². The summed E-state index contributed by atoms with van der Waals surface area (Å²) in [4.78, 5) is 42.2. The summed E-state index contributed by atoms with van der Waals surface area (Å²) in [6.45, 7) is 0. The lowest BCUT2D eigenvalue weighted by atomic mass is 9.87. The highest BCUT2D eigenvalue weighted by molar-refractivity contribution is 5.99. The average molecular weight is 452 g/mol. The number of rotatable bonds is 6. The van der Waals surface area contributed by atoms with E-state index in [0.29, 0.717) is 17.5 Å². The summed E-state index contributed by atoms with van der Waals surface area (Å²) >= 11 is 0. The quantitative estimate of drug-likeness (QED) is 0.312. The zero-order valence-electron chi connectivity index (χ0n) is 16.9. The van der Waals surface area contributed by atoms with E-state index in [-0.39, 0.29) is 35.3 Å². The Morgan fingerprint density at radius 3 is 2.76 bits per heavy atom. The zero-order chi connectivity index (χ0) is 23.5. The molecule has 1 aliphatic carbocycles. The van der Waals surface area contributed by atoms with Crippen LogP contribution < -0.4 is 16.0 Å². The van der Waals surface area contributed by atoms with Crippen LogP contribution in [0.2, 0.25) is 0 Å². The smallest absolute Gasteiger partial charge is 0.409 e. The molecule has 0 saturated heterocycles. The highest BCUT2D eigenvalue weighted by Gasteiger charge is 2.28. The van der Waals surface area contributed by atoms with Crippen LogP contribution in [0.4, 0.5) is 38.0 Å². The summed E-state index contributed by atoms with van der Waals surface area (Å²) in [5.74, 6) is -0.872. The van der Waals surface area contributed by atoms with Gasteiger partial charge in [-0.25, -0.2) is 14.2 Å². The lowest BCUT2D eigenvalue weighted by Crippen LogP contribution is -2.22. The second kappa shape index (κ2) is 8.86. The van der Waals surface area contributed by atoms with Crippen LogP contribution in [-0.4, -0.2) is 31.9 Å². The van der Waals surface area contributed by atoms with Crippen molar-refractivity contribution in [3.8, 4) is 0 Å². The minimum absolute atomic E-state index is 0.00671. The number of anilines is 4. The number of nitrogens with zero attached hydrogens (tertiary/aromatic N) is 3. The molecule has 1 amide bonds. The maximum Gasteiger partial charge on any atom is 0.409 e. The molecule has 0 bridgehead atoms. The molecule has 0 radical (unpaired) electrons. The molecular formula is C21H17FN6O5. The van der Waals surface area contributed by atoms with Crippen LogP contribution >= 0.6 is 0 Å². The number of aromatic nitrogens is 2. The molecule has 33 heavy (non-hydrogen) atoms. The Labute approximate surface area is 185 Å². The number of amides is 1. The van der Waals surface area contributed by atoms with Gasteiger partial charge in [-0.15, -0.1) is 0 Å². The topological polar surface area (TPSA) is 159 Å². The van der Waals surface area contributed by atoms with Gasteiger partial charge >= 0.3 is 11.8 Å². The first-order valence-corrected chi connectivity index (χ1v) is 9.78. The molecule has 1 aromatic heterocycles. The van der Waals surface area contributed by atoms with Crippen LogP contribution in [0, 0.1) is 15.9 Å². The molecule has 1 heterocycles. The molecule has 2 aromatic carbocycles. The second-order valence-corrected chi connectivity index (χ2v) is 7.18. The van der Waals surface area contributed by atoms with E-state index in [1.165, 1.54) is 6.07 Å². The number of hydrogen-bond donors (Lipinski definition) is 4. The van der Waals surface area contributed by atoms with Gasteiger partial charge in [-0.1, -0.05) is 24.3 Å². The van der Waals surface area contributed by atoms with Gasteiger partial charge in [-0.3, -0.25) is 20.2 Å². The molecule has 0 aliphatic heterocycles. The first kappa shape index (κ1) is 21.6. The first-order valence-electron chi connectivity index (χ1n) is 9.78. The number of benzene rings is 2. The van der Waals surface area contributed by atoms with E-state index < -0.39 is 28.6 Å². The summed E-state index contributed by atoms with van der Waals surface area (Å²) in [6, 6.07) is 9.91. The van der Waals surface area contributed by atoms with E-state index in [2.05, 4.69) is 25.9 Å². The Balaban J connectivity index is 1.68. The Bertz CT molecular complexity index is 1270. The van der Waals surface area contributed by atoms with Crippen LogP contribution in [0.5, 0.6) is 0 Å². The van der Waals surface area contributed by atoms with Gasteiger partial charge in [-0.2, -0.15) is 4.98 Å². The van der Waals surface area contributed by atoms with Crippen molar-refractivity contribution in [3.63, 3.8) is 0 Å². The van der Waals surface area contributed by atoms with Crippen molar-refractivity contribution < 1.29 is 24.0 Å². The molecule has 0 spiro atoms. The maximum atomic E-state index is 13.7. The predicted octanol–water partition coefficient (Wildman–Crippen LogP) is 4.49. The molecular weight excluding hydrogens is 435 g/mol. The fourth-order valence-electron chi connectivity index (χ4n) is 3.58. The van der Waals surface area contributed by atoms with Crippen molar-refractivity contribution in [3.05, 3.63) is 75.7 Å². The number of hydrogen-bond acceptors (Lipinski definition) is 8. The molecule has 3 aromatic rings. The molecule has 4 rings (SSSR count). The summed E-state index contributed by atoms with van der Waals surface area (Å²) in [5, 5.41) is 28.3. The summed E-state index contributed by atoms with van der Waals surface area (Å²) in [5.41, 5.74) is 0.915. The minimum Gasteiger partial charge on any atom is -0.465 e. The van der Waals surface area contributed by atoms with Crippen LogP contribution in [0.25, 0.3) is 0 Å². The predicted molar refractivity (Wildman–Crippen MR) is 116 cm³/mol. The van der Waals surface area contributed by atoms with Gasteiger partial charge in [0.25, 0.3) is 0 Å².